The Morgan fingerprint density at radius 2 is 2.19 bits per heavy atom. The third-order valence-corrected chi connectivity index (χ3v) is 5.20. The van der Waals surface area contributed by atoms with Crippen molar-refractivity contribution in [1.29, 1.82) is 0 Å². The summed E-state index contributed by atoms with van der Waals surface area (Å²) < 4.78 is 7.57. The summed E-state index contributed by atoms with van der Waals surface area (Å²) >= 11 is 6.23. The number of halogens is 1. The molecule has 0 bridgehead atoms. The van der Waals surface area contributed by atoms with Crippen LogP contribution in [0.5, 0.6) is 5.75 Å². The summed E-state index contributed by atoms with van der Waals surface area (Å²) in [5, 5.41) is 14.8. The van der Waals surface area contributed by atoms with Crippen LogP contribution in [0, 0.1) is 0 Å². The highest BCUT2D eigenvalue weighted by atomic mass is 35.5. The molecule has 0 unspecified atom stereocenters. The quantitative estimate of drug-likeness (QED) is 0.513. The van der Waals surface area contributed by atoms with E-state index in [4.69, 9.17) is 16.0 Å². The molecule has 7 heteroatoms. The van der Waals surface area contributed by atoms with Gasteiger partial charge in [-0.15, -0.1) is 0 Å². The van der Waals surface area contributed by atoms with Gasteiger partial charge in [-0.25, -0.2) is 9.78 Å². The highest BCUT2D eigenvalue weighted by Crippen LogP contribution is 2.37. The first-order valence-electron chi connectivity index (χ1n) is 8.80. The second-order valence-electron chi connectivity index (χ2n) is 6.59. The van der Waals surface area contributed by atoms with Gasteiger partial charge in [0.1, 0.15) is 11.3 Å². The lowest BCUT2D eigenvalue weighted by atomic mass is 10.0. The Bertz CT molecular complexity index is 996. The van der Waals surface area contributed by atoms with Crippen LogP contribution in [0.4, 0.5) is 0 Å². The standard InChI is InChI=1S/C19H20ClN3O3/c20-16-9-14-12-3-1-4-13(12)19(25)26-18(14)15(17(16)24)10-21-5-2-7-23-8-6-22-11-23/h6,8-9,11,21,24H,1-5,7,10H2. The van der Waals surface area contributed by atoms with Gasteiger partial charge in [-0.05, 0) is 43.9 Å². The number of hydrogen-bond acceptors (Lipinski definition) is 5. The van der Waals surface area contributed by atoms with Gasteiger partial charge in [0.15, 0.2) is 0 Å². The number of imidazole rings is 1. The van der Waals surface area contributed by atoms with Crippen LogP contribution in [0.1, 0.15) is 29.5 Å². The van der Waals surface area contributed by atoms with Crippen molar-refractivity contribution in [2.24, 2.45) is 0 Å². The third-order valence-electron chi connectivity index (χ3n) is 4.92. The zero-order valence-electron chi connectivity index (χ0n) is 14.3. The monoisotopic (exact) mass is 373 g/mol. The number of benzene rings is 1. The molecule has 2 aromatic heterocycles. The van der Waals surface area contributed by atoms with Crippen LogP contribution in [0.15, 0.2) is 34.0 Å². The van der Waals surface area contributed by atoms with E-state index in [-0.39, 0.29) is 16.4 Å². The van der Waals surface area contributed by atoms with E-state index >= 15 is 0 Å². The number of fused-ring (bicyclic) bond motifs is 3. The normalized spacial score (nSPS) is 13.4. The van der Waals surface area contributed by atoms with Crippen LogP contribution < -0.4 is 10.9 Å². The van der Waals surface area contributed by atoms with Crippen molar-refractivity contribution in [3.8, 4) is 5.75 Å². The van der Waals surface area contributed by atoms with Crippen LogP contribution in [-0.2, 0) is 25.9 Å². The first kappa shape index (κ1) is 17.1. The molecule has 1 aliphatic carbocycles. The van der Waals surface area contributed by atoms with E-state index in [9.17, 15) is 9.90 Å². The fraction of sp³-hybridized carbons (Fsp3) is 0.368. The van der Waals surface area contributed by atoms with Crippen LogP contribution >= 0.6 is 11.6 Å². The second-order valence-corrected chi connectivity index (χ2v) is 7.00. The average molecular weight is 374 g/mol. The fourth-order valence-electron chi connectivity index (χ4n) is 3.62. The first-order chi connectivity index (χ1) is 12.6. The maximum absolute atomic E-state index is 12.3. The molecule has 136 valence electrons. The minimum absolute atomic E-state index is 0.0256. The zero-order valence-corrected chi connectivity index (χ0v) is 15.1. The van der Waals surface area contributed by atoms with Gasteiger partial charge >= 0.3 is 5.63 Å². The van der Waals surface area contributed by atoms with Gasteiger partial charge in [0, 0.05) is 36.4 Å². The number of rotatable bonds is 6. The first-order valence-corrected chi connectivity index (χ1v) is 9.18. The third kappa shape index (κ3) is 3.10. The predicted octanol–water partition coefficient (Wildman–Crippen LogP) is 3.02. The van der Waals surface area contributed by atoms with Gasteiger partial charge in [-0.2, -0.15) is 0 Å². The average Bonchev–Trinajstić information content (AvgIpc) is 3.31. The van der Waals surface area contributed by atoms with Gasteiger partial charge in [0.25, 0.3) is 0 Å². The van der Waals surface area contributed by atoms with Gasteiger partial charge in [-0.3, -0.25) is 0 Å². The molecule has 4 rings (SSSR count). The summed E-state index contributed by atoms with van der Waals surface area (Å²) in [5.74, 6) is -0.0256. The largest absolute Gasteiger partial charge is 0.506 e. The molecule has 6 nitrogen and oxygen atoms in total. The minimum Gasteiger partial charge on any atom is -0.506 e. The Balaban J connectivity index is 1.57. The number of nitrogens with zero attached hydrogens (tertiary/aromatic N) is 2. The summed E-state index contributed by atoms with van der Waals surface area (Å²) in [7, 11) is 0. The highest BCUT2D eigenvalue weighted by Gasteiger charge is 2.23. The zero-order chi connectivity index (χ0) is 18.1. The Morgan fingerprint density at radius 3 is 3.00 bits per heavy atom. The van der Waals surface area contributed by atoms with Gasteiger partial charge < -0.3 is 19.4 Å². The number of phenols is 1. The molecular weight excluding hydrogens is 354 g/mol. The topological polar surface area (TPSA) is 80.3 Å². The van der Waals surface area contributed by atoms with Crippen molar-refractivity contribution in [2.45, 2.75) is 38.8 Å². The minimum atomic E-state index is -0.298. The SMILES string of the molecule is O=c1oc2c(CNCCCn3ccnc3)c(O)c(Cl)cc2c2c1CCC2. The van der Waals surface area contributed by atoms with Gasteiger partial charge in [-0.1, -0.05) is 11.6 Å². The van der Waals surface area contributed by atoms with E-state index in [1.807, 2.05) is 10.8 Å². The fourth-order valence-corrected chi connectivity index (χ4v) is 3.84. The van der Waals surface area contributed by atoms with E-state index in [1.54, 1.807) is 18.6 Å². The summed E-state index contributed by atoms with van der Waals surface area (Å²) in [6, 6.07) is 1.71. The summed E-state index contributed by atoms with van der Waals surface area (Å²) in [6.07, 6.45) is 8.90. The number of nitrogens with one attached hydrogen (secondary N) is 1. The van der Waals surface area contributed by atoms with Crippen molar-refractivity contribution in [2.75, 3.05) is 6.54 Å². The van der Waals surface area contributed by atoms with Crippen molar-refractivity contribution < 1.29 is 9.52 Å². The lowest BCUT2D eigenvalue weighted by Gasteiger charge is -2.13. The van der Waals surface area contributed by atoms with Crippen LogP contribution in [-0.4, -0.2) is 21.2 Å². The molecular formula is C19H20ClN3O3. The second kappa shape index (κ2) is 7.13. The molecule has 2 heterocycles. The summed E-state index contributed by atoms with van der Waals surface area (Å²) in [6.45, 7) is 1.99. The molecule has 1 aliphatic rings. The number of aromatic hydroxyl groups is 1. The molecule has 3 aromatic rings. The Kier molecular flexibility index (Phi) is 4.70. The summed E-state index contributed by atoms with van der Waals surface area (Å²) in [5.41, 5.74) is 2.45. The van der Waals surface area contributed by atoms with E-state index in [1.165, 1.54) is 0 Å². The molecule has 0 atom stereocenters. The summed E-state index contributed by atoms with van der Waals surface area (Å²) in [4.78, 5) is 16.3. The molecule has 26 heavy (non-hydrogen) atoms. The lowest BCUT2D eigenvalue weighted by molar-refractivity contribution is 0.459. The van der Waals surface area contributed by atoms with Crippen molar-refractivity contribution in [3.05, 3.63) is 56.9 Å². The Labute approximate surface area is 155 Å². The Morgan fingerprint density at radius 1 is 1.35 bits per heavy atom. The van der Waals surface area contributed by atoms with Gasteiger partial charge in [0.05, 0.1) is 16.9 Å². The molecule has 0 saturated heterocycles. The molecule has 0 saturated carbocycles. The predicted molar refractivity (Wildman–Crippen MR) is 99.7 cm³/mol. The number of aryl methyl sites for hydroxylation is 2. The van der Waals surface area contributed by atoms with Crippen LogP contribution in [0.2, 0.25) is 5.02 Å². The van der Waals surface area contributed by atoms with Gasteiger partial charge in [0.2, 0.25) is 0 Å². The highest BCUT2D eigenvalue weighted by molar-refractivity contribution is 6.33. The van der Waals surface area contributed by atoms with Crippen LogP contribution in [0.3, 0.4) is 0 Å². The molecule has 0 fully saturated rings. The molecule has 0 amide bonds. The molecule has 2 N–H and O–H groups in total. The van der Waals surface area contributed by atoms with Crippen LogP contribution in [0.25, 0.3) is 11.0 Å². The molecule has 0 aliphatic heterocycles. The van der Waals surface area contributed by atoms with E-state index in [2.05, 4.69) is 10.3 Å². The van der Waals surface area contributed by atoms with E-state index in [0.29, 0.717) is 17.7 Å². The number of aromatic nitrogens is 2. The lowest BCUT2D eigenvalue weighted by Crippen LogP contribution is -2.17. The van der Waals surface area contributed by atoms with Crippen molar-refractivity contribution >= 4 is 22.6 Å². The van der Waals surface area contributed by atoms with Crippen molar-refractivity contribution in [3.63, 3.8) is 0 Å². The smallest absolute Gasteiger partial charge is 0.339 e. The van der Waals surface area contributed by atoms with E-state index < -0.39 is 0 Å². The van der Waals surface area contributed by atoms with E-state index in [0.717, 1.165) is 55.3 Å². The maximum Gasteiger partial charge on any atom is 0.339 e. The number of hydrogen-bond donors (Lipinski definition) is 2. The maximum atomic E-state index is 12.3. The molecule has 1 aromatic carbocycles. The Hall–Kier alpha value is -2.31. The number of phenolic OH excluding ortho intramolecular Hbond substituents is 1. The van der Waals surface area contributed by atoms with Crippen molar-refractivity contribution in [1.82, 2.24) is 14.9 Å². The molecule has 0 radical (unpaired) electrons. The molecule has 0 spiro atoms.